The van der Waals surface area contributed by atoms with Crippen LogP contribution in [0.4, 0.5) is 0 Å². The third-order valence-corrected chi connectivity index (χ3v) is 9.17. The molecule has 1 aliphatic heterocycles. The van der Waals surface area contributed by atoms with Crippen LogP contribution < -0.4 is 0 Å². The molecule has 4 bridgehead atoms. The molecule has 0 saturated heterocycles. The zero-order chi connectivity index (χ0) is 19.3. The Morgan fingerprint density at radius 1 is 1.18 bits per heavy atom. The van der Waals surface area contributed by atoms with Crippen molar-refractivity contribution in [2.45, 2.75) is 69.6 Å². The van der Waals surface area contributed by atoms with Crippen molar-refractivity contribution in [3.63, 3.8) is 0 Å². The summed E-state index contributed by atoms with van der Waals surface area (Å²) in [5.74, 6) is 1.35. The summed E-state index contributed by atoms with van der Waals surface area (Å²) in [7, 11) is 0. The van der Waals surface area contributed by atoms with Crippen LogP contribution in [0.25, 0.3) is 11.3 Å². The molecule has 4 unspecified atom stereocenters. The average Bonchev–Trinajstić information content (AvgIpc) is 3.22. The van der Waals surface area contributed by atoms with Crippen molar-refractivity contribution >= 4 is 0 Å². The number of aliphatic hydroxyl groups is 2. The van der Waals surface area contributed by atoms with Crippen LogP contribution in [0.2, 0.25) is 0 Å². The first-order valence-corrected chi connectivity index (χ1v) is 10.9. The SMILES string of the molecule is CC1(O)C2CC3CC1CC(C(C)(O)CC1c4ccccc4-c4cncn41)(C3)C2. The van der Waals surface area contributed by atoms with E-state index in [0.29, 0.717) is 24.2 Å². The van der Waals surface area contributed by atoms with Gasteiger partial charge >= 0.3 is 0 Å². The molecule has 4 nitrogen and oxygen atoms in total. The number of fused-ring (bicyclic) bond motifs is 3. The highest BCUT2D eigenvalue weighted by Crippen LogP contribution is 2.67. The van der Waals surface area contributed by atoms with Gasteiger partial charge in [-0.05, 0) is 74.7 Å². The molecule has 5 aliphatic rings. The minimum absolute atomic E-state index is 0.0655. The Hall–Kier alpha value is -1.65. The van der Waals surface area contributed by atoms with E-state index in [1.807, 2.05) is 19.4 Å². The topological polar surface area (TPSA) is 58.3 Å². The van der Waals surface area contributed by atoms with E-state index in [9.17, 15) is 10.2 Å². The zero-order valence-corrected chi connectivity index (χ0v) is 16.8. The fraction of sp³-hybridized carbons (Fsp3) is 0.625. The molecule has 1 aromatic carbocycles. The monoisotopic (exact) mass is 378 g/mol. The standard InChI is InChI=1S/C24H30N2O2/c1-22(27,24-9-15-7-16(10-24)23(2,28)17(8-15)11-24)12-20-18-5-3-4-6-19(18)21-13-25-14-26(20)21/h3-6,13-17,20,27-28H,7-12H2,1-2H3. The lowest BCUT2D eigenvalue weighted by Crippen LogP contribution is -2.65. The van der Waals surface area contributed by atoms with Crippen molar-refractivity contribution < 1.29 is 10.2 Å². The van der Waals surface area contributed by atoms with Gasteiger partial charge in [-0.25, -0.2) is 4.98 Å². The van der Waals surface area contributed by atoms with E-state index in [0.717, 1.165) is 37.8 Å². The highest BCUT2D eigenvalue weighted by atomic mass is 16.3. The van der Waals surface area contributed by atoms with Gasteiger partial charge in [0.15, 0.2) is 0 Å². The molecule has 0 spiro atoms. The highest BCUT2D eigenvalue weighted by molar-refractivity contribution is 5.69. The second-order valence-corrected chi connectivity index (χ2v) is 10.6. The first-order chi connectivity index (χ1) is 13.3. The highest BCUT2D eigenvalue weighted by Gasteiger charge is 2.64. The van der Waals surface area contributed by atoms with E-state index in [1.165, 1.54) is 11.1 Å². The largest absolute Gasteiger partial charge is 0.390 e. The molecule has 4 fully saturated rings. The predicted molar refractivity (Wildman–Crippen MR) is 108 cm³/mol. The smallest absolute Gasteiger partial charge is 0.0956 e. The molecule has 2 heterocycles. The molecule has 2 N–H and O–H groups in total. The molecule has 4 heteroatoms. The summed E-state index contributed by atoms with van der Waals surface area (Å²) < 4.78 is 2.25. The zero-order valence-electron chi connectivity index (χ0n) is 16.8. The summed E-state index contributed by atoms with van der Waals surface area (Å²) in [6, 6.07) is 8.69. The maximum Gasteiger partial charge on any atom is 0.0956 e. The van der Waals surface area contributed by atoms with Gasteiger partial charge in [0.1, 0.15) is 0 Å². The summed E-state index contributed by atoms with van der Waals surface area (Å²) >= 11 is 0. The number of rotatable bonds is 3. The van der Waals surface area contributed by atoms with Crippen LogP contribution in [-0.4, -0.2) is 31.0 Å². The first kappa shape index (κ1) is 17.2. The van der Waals surface area contributed by atoms with Crippen LogP contribution in [-0.2, 0) is 0 Å². The van der Waals surface area contributed by atoms with Crippen LogP contribution in [0, 0.1) is 23.2 Å². The van der Waals surface area contributed by atoms with E-state index in [-0.39, 0.29) is 11.5 Å². The molecular weight excluding hydrogens is 348 g/mol. The van der Waals surface area contributed by atoms with E-state index in [1.54, 1.807) is 0 Å². The number of benzene rings is 1. The first-order valence-electron chi connectivity index (χ1n) is 10.9. The number of imidazole rings is 1. The van der Waals surface area contributed by atoms with E-state index < -0.39 is 11.2 Å². The minimum Gasteiger partial charge on any atom is -0.390 e. The van der Waals surface area contributed by atoms with Crippen LogP contribution in [0.5, 0.6) is 0 Å². The molecule has 0 amide bonds. The van der Waals surface area contributed by atoms with E-state index in [2.05, 4.69) is 40.7 Å². The number of hydrogen-bond donors (Lipinski definition) is 2. The van der Waals surface area contributed by atoms with Gasteiger partial charge in [-0.1, -0.05) is 24.3 Å². The van der Waals surface area contributed by atoms with Gasteiger partial charge in [0.2, 0.25) is 0 Å². The van der Waals surface area contributed by atoms with Crippen LogP contribution in [0.15, 0.2) is 36.8 Å². The van der Waals surface area contributed by atoms with Gasteiger partial charge in [-0.15, -0.1) is 0 Å². The molecule has 1 aromatic heterocycles. The molecule has 4 atom stereocenters. The van der Waals surface area contributed by atoms with E-state index >= 15 is 0 Å². The van der Waals surface area contributed by atoms with Crippen molar-refractivity contribution in [1.29, 1.82) is 0 Å². The van der Waals surface area contributed by atoms with E-state index in [4.69, 9.17) is 0 Å². The van der Waals surface area contributed by atoms with Crippen molar-refractivity contribution in [1.82, 2.24) is 9.55 Å². The summed E-state index contributed by atoms with van der Waals surface area (Å²) in [6.07, 6.45) is 9.89. The Labute approximate surface area is 166 Å². The van der Waals surface area contributed by atoms with Crippen LogP contribution in [0.1, 0.15) is 64.0 Å². The van der Waals surface area contributed by atoms with Crippen molar-refractivity contribution in [3.8, 4) is 11.3 Å². The Morgan fingerprint density at radius 2 is 1.89 bits per heavy atom. The summed E-state index contributed by atoms with van der Waals surface area (Å²) in [5.41, 5.74) is 2.33. The van der Waals surface area contributed by atoms with Gasteiger partial charge in [0.05, 0.1) is 35.5 Å². The summed E-state index contributed by atoms with van der Waals surface area (Å²) in [4.78, 5) is 4.38. The summed E-state index contributed by atoms with van der Waals surface area (Å²) in [5, 5.41) is 23.1. The Balaban J connectivity index is 1.37. The van der Waals surface area contributed by atoms with Crippen LogP contribution >= 0.6 is 0 Å². The molecule has 2 aromatic rings. The van der Waals surface area contributed by atoms with Gasteiger partial charge in [-0.3, -0.25) is 0 Å². The molecule has 7 rings (SSSR count). The number of hydrogen-bond acceptors (Lipinski definition) is 3. The maximum atomic E-state index is 12.0. The van der Waals surface area contributed by atoms with Gasteiger partial charge in [0, 0.05) is 12.0 Å². The lowest BCUT2D eigenvalue weighted by Gasteiger charge is -2.66. The Morgan fingerprint density at radius 3 is 2.64 bits per heavy atom. The maximum absolute atomic E-state index is 12.0. The third-order valence-electron chi connectivity index (χ3n) is 9.17. The normalized spacial score (nSPS) is 42.3. The Bertz CT molecular complexity index is 926. The molecule has 0 radical (unpaired) electrons. The van der Waals surface area contributed by atoms with Crippen molar-refractivity contribution in [3.05, 3.63) is 42.4 Å². The van der Waals surface area contributed by atoms with Crippen LogP contribution in [0.3, 0.4) is 0 Å². The predicted octanol–water partition coefficient (Wildman–Crippen LogP) is 4.17. The van der Waals surface area contributed by atoms with Gasteiger partial charge < -0.3 is 14.8 Å². The second kappa shape index (κ2) is 5.28. The lowest BCUT2D eigenvalue weighted by atomic mass is 9.41. The lowest BCUT2D eigenvalue weighted by molar-refractivity contribution is -0.241. The van der Waals surface area contributed by atoms with Crippen molar-refractivity contribution in [2.75, 3.05) is 0 Å². The fourth-order valence-electron chi connectivity index (χ4n) is 7.60. The quantitative estimate of drug-likeness (QED) is 0.843. The minimum atomic E-state index is -0.761. The molecular formula is C24H30N2O2. The van der Waals surface area contributed by atoms with Gasteiger partial charge in [0.25, 0.3) is 0 Å². The number of aromatic nitrogens is 2. The molecule has 148 valence electrons. The van der Waals surface area contributed by atoms with Crippen molar-refractivity contribution in [2.24, 2.45) is 23.2 Å². The second-order valence-electron chi connectivity index (χ2n) is 10.6. The fourth-order valence-corrected chi connectivity index (χ4v) is 7.60. The number of nitrogens with zero attached hydrogens (tertiary/aromatic N) is 2. The molecule has 28 heavy (non-hydrogen) atoms. The summed E-state index contributed by atoms with van der Waals surface area (Å²) in [6.45, 7) is 4.12. The molecule has 4 saturated carbocycles. The Kier molecular flexibility index (Phi) is 3.25. The average molecular weight is 379 g/mol. The molecule has 4 aliphatic carbocycles. The third kappa shape index (κ3) is 2.06. The van der Waals surface area contributed by atoms with Gasteiger partial charge in [-0.2, -0.15) is 0 Å².